The molecule has 0 fully saturated rings. The number of phenols is 1. The van der Waals surface area contributed by atoms with E-state index in [0.29, 0.717) is 6.42 Å². The standard InChI is InChI=1S/C16H21Cl3N4O3S/c1-2-3-4-9-12(25)20-14(16(17,18)19)21-15(27)23-22-13(26)10-7-5-6-8-11(10)24/h5-8,14,24H,2-4,9H2,1H3,(H,20,25)(H,22,26)(H2,21,23,27)/t14-/m1/s1. The molecule has 1 aromatic carbocycles. The molecule has 2 amide bonds. The Hall–Kier alpha value is -1.48. The minimum atomic E-state index is -1.88. The summed E-state index contributed by atoms with van der Waals surface area (Å²) in [6.07, 6.45) is 1.78. The number of thiocarbonyl (C=S) groups is 1. The first-order valence-corrected chi connectivity index (χ1v) is 9.70. The maximum Gasteiger partial charge on any atom is 0.273 e. The van der Waals surface area contributed by atoms with Crippen molar-refractivity contribution in [1.82, 2.24) is 21.5 Å². The number of rotatable bonds is 7. The van der Waals surface area contributed by atoms with Crippen molar-refractivity contribution < 1.29 is 14.7 Å². The maximum absolute atomic E-state index is 12.0. The van der Waals surface area contributed by atoms with Gasteiger partial charge in [0.05, 0.1) is 5.56 Å². The van der Waals surface area contributed by atoms with Crippen molar-refractivity contribution in [2.75, 3.05) is 0 Å². The molecule has 11 heteroatoms. The predicted octanol–water partition coefficient (Wildman–Crippen LogP) is 2.89. The largest absolute Gasteiger partial charge is 0.507 e. The van der Waals surface area contributed by atoms with Gasteiger partial charge in [0.15, 0.2) is 5.11 Å². The quantitative estimate of drug-likeness (QED) is 0.142. The molecule has 150 valence electrons. The lowest BCUT2D eigenvalue weighted by Gasteiger charge is -2.27. The van der Waals surface area contributed by atoms with Gasteiger partial charge >= 0.3 is 0 Å². The van der Waals surface area contributed by atoms with Gasteiger partial charge in [-0.25, -0.2) is 0 Å². The zero-order chi connectivity index (χ0) is 20.4. The third-order valence-electron chi connectivity index (χ3n) is 3.35. The first kappa shape index (κ1) is 23.6. The molecule has 1 atom stereocenters. The van der Waals surface area contributed by atoms with Crippen LogP contribution in [0.3, 0.4) is 0 Å². The molecule has 0 aliphatic rings. The van der Waals surface area contributed by atoms with Crippen LogP contribution in [0.15, 0.2) is 24.3 Å². The summed E-state index contributed by atoms with van der Waals surface area (Å²) in [5, 5.41) is 14.7. The number of alkyl halides is 3. The Labute approximate surface area is 178 Å². The molecule has 0 heterocycles. The van der Waals surface area contributed by atoms with E-state index in [-0.39, 0.29) is 28.8 Å². The third-order valence-corrected chi connectivity index (χ3v) is 4.23. The maximum atomic E-state index is 12.0. The van der Waals surface area contributed by atoms with E-state index in [1.54, 1.807) is 12.1 Å². The van der Waals surface area contributed by atoms with E-state index in [1.807, 2.05) is 6.92 Å². The fraction of sp³-hybridized carbons (Fsp3) is 0.438. The molecular formula is C16H21Cl3N4O3S. The Kier molecular flexibility index (Phi) is 9.93. The zero-order valence-electron chi connectivity index (χ0n) is 14.5. The van der Waals surface area contributed by atoms with Crippen LogP contribution in [0.25, 0.3) is 0 Å². The van der Waals surface area contributed by atoms with Crippen molar-refractivity contribution in [2.24, 2.45) is 0 Å². The van der Waals surface area contributed by atoms with Gasteiger partial charge in [-0.2, -0.15) is 0 Å². The first-order chi connectivity index (χ1) is 12.6. The summed E-state index contributed by atoms with van der Waals surface area (Å²) in [5.41, 5.74) is 4.77. The van der Waals surface area contributed by atoms with Gasteiger partial charge in [0.25, 0.3) is 5.91 Å². The molecule has 0 aliphatic carbocycles. The van der Waals surface area contributed by atoms with Crippen LogP contribution in [0.4, 0.5) is 0 Å². The lowest BCUT2D eigenvalue weighted by molar-refractivity contribution is -0.122. The number of carbonyl (C=O) groups excluding carboxylic acids is 2. The number of phenolic OH excluding ortho intramolecular Hbond substituents is 1. The highest BCUT2D eigenvalue weighted by Crippen LogP contribution is 2.29. The van der Waals surface area contributed by atoms with Gasteiger partial charge in [-0.3, -0.25) is 20.4 Å². The topological polar surface area (TPSA) is 102 Å². The SMILES string of the molecule is CCCCCC(=O)N[C@H](NC(=S)NNC(=O)c1ccccc1O)C(Cl)(Cl)Cl. The average molecular weight is 456 g/mol. The number of unbranched alkanes of at least 4 members (excludes halogenated alkanes) is 2. The number of benzene rings is 1. The predicted molar refractivity (Wildman–Crippen MR) is 111 cm³/mol. The van der Waals surface area contributed by atoms with Crippen LogP contribution in [-0.2, 0) is 4.79 Å². The molecule has 0 aliphatic heterocycles. The summed E-state index contributed by atoms with van der Waals surface area (Å²) in [6, 6.07) is 5.99. The van der Waals surface area contributed by atoms with Gasteiger partial charge in [0.2, 0.25) is 9.70 Å². The molecule has 0 aromatic heterocycles. The van der Waals surface area contributed by atoms with Crippen LogP contribution in [-0.4, -0.2) is 32.0 Å². The number of hydrogen-bond donors (Lipinski definition) is 5. The zero-order valence-corrected chi connectivity index (χ0v) is 17.6. The Morgan fingerprint density at radius 1 is 1.15 bits per heavy atom. The summed E-state index contributed by atoms with van der Waals surface area (Å²) >= 11 is 22.7. The number of carbonyl (C=O) groups is 2. The van der Waals surface area contributed by atoms with E-state index in [0.717, 1.165) is 12.8 Å². The average Bonchev–Trinajstić information content (AvgIpc) is 2.59. The fourth-order valence-electron chi connectivity index (χ4n) is 1.98. The van der Waals surface area contributed by atoms with Crippen LogP contribution in [0.2, 0.25) is 0 Å². The molecule has 5 N–H and O–H groups in total. The highest BCUT2D eigenvalue weighted by Gasteiger charge is 2.34. The monoisotopic (exact) mass is 454 g/mol. The summed E-state index contributed by atoms with van der Waals surface area (Å²) < 4.78 is -1.88. The Balaban J connectivity index is 2.57. The van der Waals surface area contributed by atoms with Crippen molar-refractivity contribution in [2.45, 2.75) is 42.6 Å². The lowest BCUT2D eigenvalue weighted by Crippen LogP contribution is -2.59. The van der Waals surface area contributed by atoms with Crippen LogP contribution < -0.4 is 21.5 Å². The first-order valence-electron chi connectivity index (χ1n) is 8.16. The normalized spacial score (nSPS) is 12.0. The number of amides is 2. The van der Waals surface area contributed by atoms with Crippen LogP contribution in [0.1, 0.15) is 43.0 Å². The minimum absolute atomic E-state index is 0.0509. The molecule has 0 saturated carbocycles. The number of aromatic hydroxyl groups is 1. The lowest BCUT2D eigenvalue weighted by atomic mass is 10.2. The van der Waals surface area contributed by atoms with Gasteiger partial charge in [0.1, 0.15) is 11.9 Å². The van der Waals surface area contributed by atoms with Gasteiger partial charge in [-0.05, 0) is 30.8 Å². The highest BCUT2D eigenvalue weighted by molar-refractivity contribution is 7.80. The van der Waals surface area contributed by atoms with Crippen molar-refractivity contribution in [3.8, 4) is 5.75 Å². The summed E-state index contributed by atoms with van der Waals surface area (Å²) in [5.74, 6) is -1.10. The van der Waals surface area contributed by atoms with Crippen LogP contribution in [0.5, 0.6) is 5.75 Å². The number of para-hydroxylation sites is 1. The van der Waals surface area contributed by atoms with Gasteiger partial charge < -0.3 is 15.7 Å². The smallest absolute Gasteiger partial charge is 0.273 e. The van der Waals surface area contributed by atoms with E-state index in [9.17, 15) is 14.7 Å². The van der Waals surface area contributed by atoms with Crippen LogP contribution in [0, 0.1) is 0 Å². The fourth-order valence-corrected chi connectivity index (χ4v) is 2.48. The van der Waals surface area contributed by atoms with E-state index in [4.69, 9.17) is 47.0 Å². The second-order valence-electron chi connectivity index (χ2n) is 5.57. The van der Waals surface area contributed by atoms with Crippen molar-refractivity contribution in [3.63, 3.8) is 0 Å². The molecule has 27 heavy (non-hydrogen) atoms. The van der Waals surface area contributed by atoms with Gasteiger partial charge in [0, 0.05) is 6.42 Å². The number of nitrogens with one attached hydrogen (secondary N) is 4. The van der Waals surface area contributed by atoms with Crippen molar-refractivity contribution >= 4 is 63.9 Å². The second kappa shape index (κ2) is 11.4. The van der Waals surface area contributed by atoms with Crippen molar-refractivity contribution in [3.05, 3.63) is 29.8 Å². The van der Waals surface area contributed by atoms with Gasteiger partial charge in [-0.15, -0.1) is 0 Å². The number of hydrogen-bond acceptors (Lipinski definition) is 4. The molecular weight excluding hydrogens is 435 g/mol. The van der Waals surface area contributed by atoms with Gasteiger partial charge in [-0.1, -0.05) is 66.7 Å². The third kappa shape index (κ3) is 8.83. The summed E-state index contributed by atoms with van der Waals surface area (Å²) in [7, 11) is 0. The van der Waals surface area contributed by atoms with E-state index in [1.165, 1.54) is 12.1 Å². The highest BCUT2D eigenvalue weighted by atomic mass is 35.6. The van der Waals surface area contributed by atoms with E-state index >= 15 is 0 Å². The van der Waals surface area contributed by atoms with Crippen LogP contribution >= 0.6 is 47.0 Å². The molecule has 1 rings (SSSR count). The molecule has 1 aromatic rings. The van der Waals surface area contributed by atoms with E-state index in [2.05, 4.69) is 21.5 Å². The molecule has 0 spiro atoms. The Morgan fingerprint density at radius 3 is 2.41 bits per heavy atom. The minimum Gasteiger partial charge on any atom is -0.507 e. The second-order valence-corrected chi connectivity index (χ2v) is 8.35. The molecule has 0 saturated heterocycles. The number of hydrazine groups is 1. The molecule has 0 bridgehead atoms. The molecule has 0 unspecified atom stereocenters. The van der Waals surface area contributed by atoms with Crippen molar-refractivity contribution in [1.29, 1.82) is 0 Å². The number of halogens is 3. The molecule has 0 radical (unpaired) electrons. The Bertz CT molecular complexity index is 671. The summed E-state index contributed by atoms with van der Waals surface area (Å²) in [6.45, 7) is 2.02. The molecule has 7 nitrogen and oxygen atoms in total. The van der Waals surface area contributed by atoms with E-state index < -0.39 is 15.9 Å². The Morgan fingerprint density at radius 2 is 1.81 bits per heavy atom. The summed E-state index contributed by atoms with van der Waals surface area (Å²) in [4.78, 5) is 24.0.